The van der Waals surface area contributed by atoms with Crippen molar-refractivity contribution in [2.45, 2.75) is 25.7 Å². The van der Waals surface area contributed by atoms with E-state index in [1.54, 1.807) is 23.1 Å². The number of amides is 2. The number of carbonyl (C=O) groups is 2. The quantitative estimate of drug-likeness (QED) is 0.930. The fourth-order valence-electron chi connectivity index (χ4n) is 2.32. The summed E-state index contributed by atoms with van der Waals surface area (Å²) in [6.07, 6.45) is 3.43. The molecule has 1 aliphatic heterocycles. The molecular weight excluding hydrogens is 292 g/mol. The first kappa shape index (κ1) is 15.6. The highest BCUT2D eigenvalue weighted by Gasteiger charge is 2.19. The van der Waals surface area contributed by atoms with E-state index in [0.717, 1.165) is 19.3 Å². The summed E-state index contributed by atoms with van der Waals surface area (Å²) in [7, 11) is 1.53. The van der Waals surface area contributed by atoms with Crippen molar-refractivity contribution in [1.82, 2.24) is 4.90 Å². The van der Waals surface area contributed by atoms with E-state index in [9.17, 15) is 9.59 Å². The smallest absolute Gasteiger partial charge is 0.243 e. The van der Waals surface area contributed by atoms with Gasteiger partial charge in [0.15, 0.2) is 0 Å². The third-order valence-corrected chi connectivity index (χ3v) is 3.74. The van der Waals surface area contributed by atoms with Crippen molar-refractivity contribution in [2.75, 3.05) is 25.5 Å². The molecule has 0 saturated carbocycles. The van der Waals surface area contributed by atoms with Crippen LogP contribution in [0.2, 0.25) is 5.02 Å². The standard InChI is InChI=1S/C15H19ClN2O3/c1-21-13-7-6-11(9-12(13)16)17-14(19)10-18-8-4-2-3-5-15(18)20/h6-7,9H,2-5,8,10H2,1H3,(H,17,19). The Morgan fingerprint density at radius 2 is 2.19 bits per heavy atom. The summed E-state index contributed by atoms with van der Waals surface area (Å²) in [6.45, 7) is 0.734. The molecule has 6 heteroatoms. The monoisotopic (exact) mass is 310 g/mol. The Kier molecular flexibility index (Phi) is 5.44. The van der Waals surface area contributed by atoms with Crippen LogP contribution in [0.25, 0.3) is 0 Å². The van der Waals surface area contributed by atoms with Gasteiger partial charge in [0.1, 0.15) is 5.75 Å². The van der Waals surface area contributed by atoms with Gasteiger partial charge in [-0.1, -0.05) is 18.0 Å². The number of methoxy groups -OCH3 is 1. The molecule has 1 N–H and O–H groups in total. The van der Waals surface area contributed by atoms with Gasteiger partial charge in [0, 0.05) is 18.7 Å². The number of halogens is 1. The first-order valence-corrected chi connectivity index (χ1v) is 7.39. The number of benzene rings is 1. The Labute approximate surface area is 129 Å². The lowest BCUT2D eigenvalue weighted by Crippen LogP contribution is -2.37. The van der Waals surface area contributed by atoms with Gasteiger partial charge in [0.2, 0.25) is 11.8 Å². The molecule has 1 fully saturated rings. The largest absolute Gasteiger partial charge is 0.495 e. The summed E-state index contributed by atoms with van der Waals surface area (Å²) >= 11 is 6.01. The number of nitrogens with zero attached hydrogens (tertiary/aromatic N) is 1. The number of ether oxygens (including phenoxy) is 1. The minimum absolute atomic E-state index is 0.0513. The zero-order chi connectivity index (χ0) is 15.2. The van der Waals surface area contributed by atoms with Crippen molar-refractivity contribution in [2.24, 2.45) is 0 Å². The van der Waals surface area contributed by atoms with Gasteiger partial charge in [-0.25, -0.2) is 0 Å². The molecule has 0 aliphatic carbocycles. The van der Waals surface area contributed by atoms with Crippen LogP contribution >= 0.6 is 11.6 Å². The Morgan fingerprint density at radius 3 is 2.90 bits per heavy atom. The second kappa shape index (κ2) is 7.31. The fourth-order valence-corrected chi connectivity index (χ4v) is 2.58. The topological polar surface area (TPSA) is 58.6 Å². The van der Waals surface area contributed by atoms with Crippen molar-refractivity contribution in [3.63, 3.8) is 0 Å². The molecule has 1 aromatic rings. The average molecular weight is 311 g/mol. The normalized spacial score (nSPS) is 15.5. The lowest BCUT2D eigenvalue weighted by molar-refractivity contribution is -0.134. The highest BCUT2D eigenvalue weighted by Crippen LogP contribution is 2.27. The fraction of sp³-hybridized carbons (Fsp3) is 0.467. The minimum Gasteiger partial charge on any atom is -0.495 e. The van der Waals surface area contributed by atoms with E-state index in [0.29, 0.717) is 29.4 Å². The number of nitrogens with one attached hydrogen (secondary N) is 1. The molecule has 0 radical (unpaired) electrons. The summed E-state index contributed by atoms with van der Waals surface area (Å²) in [5.74, 6) is 0.388. The number of carbonyl (C=O) groups excluding carboxylic acids is 2. The predicted molar refractivity (Wildman–Crippen MR) is 81.7 cm³/mol. The third kappa shape index (κ3) is 4.36. The highest BCUT2D eigenvalue weighted by molar-refractivity contribution is 6.32. The summed E-state index contributed by atoms with van der Waals surface area (Å²) in [4.78, 5) is 25.5. The molecule has 1 saturated heterocycles. The maximum absolute atomic E-state index is 12.0. The van der Waals surface area contributed by atoms with Crippen LogP contribution in [0, 0.1) is 0 Å². The van der Waals surface area contributed by atoms with Crippen LogP contribution < -0.4 is 10.1 Å². The van der Waals surface area contributed by atoms with E-state index in [1.807, 2.05) is 0 Å². The highest BCUT2D eigenvalue weighted by atomic mass is 35.5. The number of hydrogen-bond acceptors (Lipinski definition) is 3. The number of likely N-dealkylation sites (tertiary alicyclic amines) is 1. The number of anilines is 1. The molecule has 1 aliphatic rings. The van der Waals surface area contributed by atoms with Gasteiger partial charge in [0.25, 0.3) is 0 Å². The van der Waals surface area contributed by atoms with Crippen molar-refractivity contribution in [3.05, 3.63) is 23.2 Å². The van der Waals surface area contributed by atoms with Gasteiger partial charge >= 0.3 is 0 Å². The van der Waals surface area contributed by atoms with Gasteiger partial charge in [0.05, 0.1) is 18.7 Å². The number of rotatable bonds is 4. The van der Waals surface area contributed by atoms with Gasteiger partial charge in [-0.2, -0.15) is 0 Å². The second-order valence-electron chi connectivity index (χ2n) is 5.02. The van der Waals surface area contributed by atoms with Crippen molar-refractivity contribution in [3.8, 4) is 5.75 Å². The van der Waals surface area contributed by atoms with Gasteiger partial charge in [-0.15, -0.1) is 0 Å². The maximum Gasteiger partial charge on any atom is 0.243 e. The molecule has 5 nitrogen and oxygen atoms in total. The van der Waals surface area contributed by atoms with Crippen LogP contribution in [0.5, 0.6) is 5.75 Å². The van der Waals surface area contributed by atoms with E-state index >= 15 is 0 Å². The summed E-state index contributed by atoms with van der Waals surface area (Å²) in [5.41, 5.74) is 0.591. The van der Waals surface area contributed by atoms with Crippen molar-refractivity contribution < 1.29 is 14.3 Å². The predicted octanol–water partition coefficient (Wildman–Crippen LogP) is 2.69. The van der Waals surface area contributed by atoms with E-state index in [1.165, 1.54) is 7.11 Å². The van der Waals surface area contributed by atoms with Crippen LogP contribution in [0.15, 0.2) is 18.2 Å². The Hall–Kier alpha value is -1.75. The molecule has 0 atom stereocenters. The van der Waals surface area contributed by atoms with Gasteiger partial charge in [-0.3, -0.25) is 9.59 Å². The third-order valence-electron chi connectivity index (χ3n) is 3.44. The first-order valence-electron chi connectivity index (χ1n) is 7.01. The molecular formula is C15H19ClN2O3. The van der Waals surface area contributed by atoms with E-state index in [-0.39, 0.29) is 18.4 Å². The van der Waals surface area contributed by atoms with Crippen LogP contribution in [0.4, 0.5) is 5.69 Å². The summed E-state index contributed by atoms with van der Waals surface area (Å²) in [5, 5.41) is 3.18. The molecule has 2 rings (SSSR count). The lowest BCUT2D eigenvalue weighted by Gasteiger charge is -2.19. The number of hydrogen-bond donors (Lipinski definition) is 1. The Morgan fingerprint density at radius 1 is 1.38 bits per heavy atom. The summed E-state index contributed by atoms with van der Waals surface area (Å²) < 4.78 is 5.06. The molecule has 0 aromatic heterocycles. The van der Waals surface area contributed by atoms with Gasteiger partial charge in [-0.05, 0) is 31.0 Å². The van der Waals surface area contributed by atoms with Crippen LogP contribution in [-0.4, -0.2) is 36.9 Å². The molecule has 1 aromatic carbocycles. The zero-order valence-electron chi connectivity index (χ0n) is 12.0. The molecule has 0 unspecified atom stereocenters. The first-order chi connectivity index (χ1) is 10.1. The van der Waals surface area contributed by atoms with Gasteiger partial charge < -0.3 is 15.0 Å². The van der Waals surface area contributed by atoms with Crippen molar-refractivity contribution >= 4 is 29.1 Å². The van der Waals surface area contributed by atoms with E-state index in [4.69, 9.17) is 16.3 Å². The second-order valence-corrected chi connectivity index (χ2v) is 5.43. The Balaban J connectivity index is 1.94. The Bertz CT molecular complexity index is 534. The molecule has 0 bridgehead atoms. The minimum atomic E-state index is -0.216. The SMILES string of the molecule is COc1ccc(NC(=O)CN2CCCCCC2=O)cc1Cl. The average Bonchev–Trinajstić information content (AvgIpc) is 2.64. The van der Waals surface area contributed by atoms with Crippen molar-refractivity contribution in [1.29, 1.82) is 0 Å². The molecule has 2 amide bonds. The van der Waals surface area contributed by atoms with E-state index < -0.39 is 0 Å². The van der Waals surface area contributed by atoms with Crippen LogP contribution in [0.1, 0.15) is 25.7 Å². The van der Waals surface area contributed by atoms with E-state index in [2.05, 4.69) is 5.32 Å². The maximum atomic E-state index is 12.0. The van der Waals surface area contributed by atoms with Crippen LogP contribution in [0.3, 0.4) is 0 Å². The lowest BCUT2D eigenvalue weighted by atomic mass is 10.2. The molecule has 1 heterocycles. The molecule has 0 spiro atoms. The summed E-state index contributed by atoms with van der Waals surface area (Å²) in [6, 6.07) is 5.03. The molecule has 114 valence electrons. The zero-order valence-corrected chi connectivity index (χ0v) is 12.8. The molecule has 21 heavy (non-hydrogen) atoms. The van der Waals surface area contributed by atoms with Crippen LogP contribution in [-0.2, 0) is 9.59 Å².